The lowest BCUT2D eigenvalue weighted by molar-refractivity contribution is -0.133. The zero-order valence-electron chi connectivity index (χ0n) is 15.0. The number of hydrogen-bond donors (Lipinski definition) is 0. The van der Waals surface area contributed by atoms with Gasteiger partial charge in [0.25, 0.3) is 0 Å². The van der Waals surface area contributed by atoms with E-state index in [4.69, 9.17) is 0 Å². The first-order valence-corrected chi connectivity index (χ1v) is 10.4. The first-order chi connectivity index (χ1) is 11.6. The summed E-state index contributed by atoms with van der Waals surface area (Å²) in [4.78, 5) is 17.0. The van der Waals surface area contributed by atoms with E-state index in [1.54, 1.807) is 0 Å². The highest BCUT2D eigenvalue weighted by Crippen LogP contribution is 2.43. The molecule has 1 spiro atoms. The molecule has 2 heterocycles. The van der Waals surface area contributed by atoms with Gasteiger partial charge in [-0.3, -0.25) is 9.69 Å². The highest BCUT2D eigenvalue weighted by Gasteiger charge is 2.45. The Morgan fingerprint density at radius 3 is 2.62 bits per heavy atom. The molecule has 1 aromatic carbocycles. The van der Waals surface area contributed by atoms with Gasteiger partial charge >= 0.3 is 0 Å². The Morgan fingerprint density at radius 1 is 1.25 bits per heavy atom. The molecular weight excluding hydrogens is 316 g/mol. The topological polar surface area (TPSA) is 23.6 Å². The van der Waals surface area contributed by atoms with Gasteiger partial charge in [0.05, 0.1) is 0 Å². The summed E-state index contributed by atoms with van der Waals surface area (Å²) in [5.74, 6) is 3.06. The molecule has 0 bridgehead atoms. The zero-order chi connectivity index (χ0) is 17.0. The van der Waals surface area contributed by atoms with Crippen molar-refractivity contribution in [2.75, 3.05) is 38.2 Å². The van der Waals surface area contributed by atoms with Gasteiger partial charge in [0.15, 0.2) is 0 Å². The summed E-state index contributed by atoms with van der Waals surface area (Å²) in [6.45, 7) is 5.16. The van der Waals surface area contributed by atoms with Gasteiger partial charge in [0.1, 0.15) is 0 Å². The normalized spacial score (nSPS) is 23.8. The standard InChI is InChI=1S/C20H30N2OS/c1-3-24-14-9-19(23)22-12-10-20(11-13-22)15-18(16-21(20)2)17-7-5-4-6-8-17/h4-8,18H,3,9-16H2,1-2H3. The monoisotopic (exact) mass is 346 g/mol. The van der Waals surface area contributed by atoms with Gasteiger partial charge in [-0.15, -0.1) is 0 Å². The fourth-order valence-corrected chi connectivity index (χ4v) is 4.98. The van der Waals surface area contributed by atoms with Crippen LogP contribution in [0.25, 0.3) is 0 Å². The number of hydrogen-bond acceptors (Lipinski definition) is 3. The summed E-state index contributed by atoms with van der Waals surface area (Å²) in [5.41, 5.74) is 1.77. The van der Waals surface area contributed by atoms with Crippen molar-refractivity contribution in [3.8, 4) is 0 Å². The van der Waals surface area contributed by atoms with Crippen molar-refractivity contribution in [3.63, 3.8) is 0 Å². The molecule has 1 unspecified atom stereocenters. The van der Waals surface area contributed by atoms with Crippen molar-refractivity contribution in [1.29, 1.82) is 0 Å². The molecule has 2 aliphatic heterocycles. The minimum Gasteiger partial charge on any atom is -0.343 e. The molecule has 0 radical (unpaired) electrons. The zero-order valence-corrected chi connectivity index (χ0v) is 15.9. The Morgan fingerprint density at radius 2 is 1.96 bits per heavy atom. The lowest BCUT2D eigenvalue weighted by Gasteiger charge is -2.43. The van der Waals surface area contributed by atoms with E-state index in [2.05, 4.69) is 54.1 Å². The number of amides is 1. The fourth-order valence-electron chi connectivity index (χ4n) is 4.37. The molecule has 1 atom stereocenters. The van der Waals surface area contributed by atoms with E-state index < -0.39 is 0 Å². The summed E-state index contributed by atoms with van der Waals surface area (Å²) in [6, 6.07) is 10.9. The fraction of sp³-hybridized carbons (Fsp3) is 0.650. The van der Waals surface area contributed by atoms with Crippen LogP contribution < -0.4 is 0 Å². The molecule has 0 aliphatic carbocycles. The van der Waals surface area contributed by atoms with Crippen LogP contribution in [0.15, 0.2) is 30.3 Å². The smallest absolute Gasteiger partial charge is 0.223 e. The van der Waals surface area contributed by atoms with Crippen LogP contribution in [0.5, 0.6) is 0 Å². The van der Waals surface area contributed by atoms with Crippen LogP contribution in [-0.2, 0) is 4.79 Å². The first kappa shape index (κ1) is 17.8. The van der Waals surface area contributed by atoms with E-state index in [-0.39, 0.29) is 0 Å². The third-order valence-corrected chi connectivity index (χ3v) is 6.81. The molecule has 24 heavy (non-hydrogen) atoms. The van der Waals surface area contributed by atoms with E-state index in [1.807, 2.05) is 11.8 Å². The summed E-state index contributed by atoms with van der Waals surface area (Å²) < 4.78 is 0. The van der Waals surface area contributed by atoms with Gasteiger partial charge in [-0.1, -0.05) is 37.3 Å². The number of likely N-dealkylation sites (tertiary alicyclic amines) is 2. The molecule has 3 rings (SSSR count). The second-order valence-electron chi connectivity index (χ2n) is 7.24. The molecule has 0 aromatic heterocycles. The number of rotatable bonds is 5. The van der Waals surface area contributed by atoms with Crippen LogP contribution >= 0.6 is 11.8 Å². The number of carbonyl (C=O) groups is 1. The molecule has 4 heteroatoms. The van der Waals surface area contributed by atoms with Gasteiger partial charge in [-0.05, 0) is 43.5 Å². The van der Waals surface area contributed by atoms with Gasteiger partial charge in [0, 0.05) is 37.3 Å². The molecule has 3 nitrogen and oxygen atoms in total. The lowest BCUT2D eigenvalue weighted by atomic mass is 9.81. The Balaban J connectivity index is 1.56. The van der Waals surface area contributed by atoms with E-state index in [9.17, 15) is 4.79 Å². The lowest BCUT2D eigenvalue weighted by Crippen LogP contribution is -2.52. The number of benzene rings is 1. The van der Waals surface area contributed by atoms with Gasteiger partial charge < -0.3 is 4.90 Å². The largest absolute Gasteiger partial charge is 0.343 e. The van der Waals surface area contributed by atoms with Crippen molar-refractivity contribution in [2.45, 2.75) is 44.1 Å². The average Bonchev–Trinajstić information content (AvgIpc) is 2.93. The Labute approximate surface area is 150 Å². The SMILES string of the molecule is CCSCCC(=O)N1CCC2(CC1)CC(c1ccccc1)CN2C. The minimum atomic E-state index is 0.301. The number of nitrogens with zero attached hydrogens (tertiary/aromatic N) is 2. The second kappa shape index (κ2) is 7.92. The third-order valence-electron chi connectivity index (χ3n) is 5.91. The first-order valence-electron chi connectivity index (χ1n) is 9.26. The summed E-state index contributed by atoms with van der Waals surface area (Å²) in [5, 5.41) is 0. The maximum Gasteiger partial charge on any atom is 0.223 e. The molecule has 0 N–H and O–H groups in total. The summed E-state index contributed by atoms with van der Waals surface area (Å²) in [7, 11) is 2.28. The van der Waals surface area contributed by atoms with E-state index >= 15 is 0 Å². The minimum absolute atomic E-state index is 0.301. The predicted molar refractivity (Wildman–Crippen MR) is 103 cm³/mol. The summed E-state index contributed by atoms with van der Waals surface area (Å²) >= 11 is 1.86. The van der Waals surface area contributed by atoms with Crippen LogP contribution in [0.2, 0.25) is 0 Å². The van der Waals surface area contributed by atoms with Crippen LogP contribution in [0.1, 0.15) is 44.1 Å². The van der Waals surface area contributed by atoms with Gasteiger partial charge in [0.2, 0.25) is 5.91 Å². The van der Waals surface area contributed by atoms with Crippen LogP contribution in [0.3, 0.4) is 0 Å². The van der Waals surface area contributed by atoms with E-state index in [0.29, 0.717) is 23.8 Å². The molecule has 2 aliphatic rings. The highest BCUT2D eigenvalue weighted by atomic mass is 32.2. The number of likely N-dealkylation sites (N-methyl/N-ethyl adjacent to an activating group) is 1. The van der Waals surface area contributed by atoms with Gasteiger partial charge in [-0.2, -0.15) is 11.8 Å². The average molecular weight is 347 g/mol. The Hall–Kier alpha value is -1.00. The van der Waals surface area contributed by atoms with Crippen molar-refractivity contribution in [1.82, 2.24) is 9.80 Å². The number of piperidine rings is 1. The van der Waals surface area contributed by atoms with Crippen molar-refractivity contribution in [3.05, 3.63) is 35.9 Å². The number of thioether (sulfide) groups is 1. The Bertz CT molecular complexity index is 540. The quantitative estimate of drug-likeness (QED) is 0.761. The van der Waals surface area contributed by atoms with Gasteiger partial charge in [-0.25, -0.2) is 0 Å². The summed E-state index contributed by atoms with van der Waals surface area (Å²) in [6.07, 6.45) is 4.19. The molecule has 2 fully saturated rings. The number of carbonyl (C=O) groups excluding carboxylic acids is 1. The molecule has 132 valence electrons. The van der Waals surface area contributed by atoms with Crippen LogP contribution in [0, 0.1) is 0 Å². The molecular formula is C20H30N2OS. The van der Waals surface area contributed by atoms with Crippen molar-refractivity contribution >= 4 is 17.7 Å². The molecule has 2 saturated heterocycles. The van der Waals surface area contributed by atoms with Crippen molar-refractivity contribution < 1.29 is 4.79 Å². The molecule has 0 saturated carbocycles. The maximum absolute atomic E-state index is 12.3. The predicted octanol–water partition coefficient (Wildman–Crippen LogP) is 3.61. The molecule has 1 amide bonds. The Kier molecular flexibility index (Phi) is 5.88. The van der Waals surface area contributed by atoms with E-state index in [0.717, 1.165) is 44.0 Å². The van der Waals surface area contributed by atoms with E-state index in [1.165, 1.54) is 12.0 Å². The maximum atomic E-state index is 12.3. The van der Waals surface area contributed by atoms with Crippen LogP contribution in [0.4, 0.5) is 0 Å². The van der Waals surface area contributed by atoms with Crippen LogP contribution in [-0.4, -0.2) is 59.4 Å². The second-order valence-corrected chi connectivity index (χ2v) is 8.64. The van der Waals surface area contributed by atoms with Crippen molar-refractivity contribution in [2.24, 2.45) is 0 Å². The third kappa shape index (κ3) is 3.80. The highest BCUT2D eigenvalue weighted by molar-refractivity contribution is 7.99. The molecule has 1 aromatic rings.